The van der Waals surface area contributed by atoms with E-state index in [0.717, 1.165) is 5.54 Å². The average molecular weight is 560 g/mol. The number of thiophene rings is 1. The van der Waals surface area contributed by atoms with E-state index in [1.807, 2.05) is 11.3 Å². The van der Waals surface area contributed by atoms with Crippen LogP contribution in [0.3, 0.4) is 0 Å². The summed E-state index contributed by atoms with van der Waals surface area (Å²) in [7, 11) is -0.976. The zero-order valence-corrected chi connectivity index (χ0v) is 24.0. The molecule has 31 heavy (non-hydrogen) atoms. The summed E-state index contributed by atoms with van der Waals surface area (Å²) in [5.74, 6) is 0. The molecule has 0 radical (unpaired) electrons. The van der Waals surface area contributed by atoms with Crippen LogP contribution in [0.1, 0.15) is 45.3 Å². The second-order valence-electron chi connectivity index (χ2n) is 8.95. The Bertz CT molecular complexity index is 1180. The number of allylic oxidation sites excluding steroid dienone is 2. The first-order valence-electron chi connectivity index (χ1n) is 10.3. The van der Waals surface area contributed by atoms with Crippen LogP contribution in [0, 0.1) is 0 Å². The fourth-order valence-corrected chi connectivity index (χ4v) is 11.9. The number of hydrogen-bond donors (Lipinski definition) is 0. The molecule has 0 spiro atoms. The number of benzene rings is 2. The van der Waals surface area contributed by atoms with Gasteiger partial charge in [-0.05, 0) is 28.8 Å². The fourth-order valence-electron chi connectivity index (χ4n) is 5.60. The van der Waals surface area contributed by atoms with E-state index < -0.39 is 8.07 Å². The summed E-state index contributed by atoms with van der Waals surface area (Å²) in [5, 5.41) is 6.47. The number of fused-ring (bicyclic) bond motifs is 1. The maximum atomic E-state index is 2.50. The Kier molecular flexibility index (Phi) is 7.46. The van der Waals surface area contributed by atoms with Gasteiger partial charge >= 0.3 is 118 Å². The van der Waals surface area contributed by atoms with Crippen LogP contribution in [-0.2, 0) is 24.7 Å². The smallest absolute Gasteiger partial charge is 1.00 e. The van der Waals surface area contributed by atoms with Gasteiger partial charge in [-0.1, -0.05) is 23.9 Å². The minimum Gasteiger partial charge on any atom is -1.00 e. The molecular weight excluding hydrogens is 535 g/mol. The van der Waals surface area contributed by atoms with Crippen LogP contribution in [0.4, 0.5) is 0 Å². The van der Waals surface area contributed by atoms with Gasteiger partial charge in [0.05, 0.1) is 8.07 Å². The second-order valence-corrected chi connectivity index (χ2v) is 15.6. The largest absolute Gasteiger partial charge is 1.00 e. The van der Waals surface area contributed by atoms with Gasteiger partial charge in [-0.2, -0.15) is 11.3 Å². The Labute approximate surface area is 218 Å². The molecule has 7 rings (SSSR count). The zero-order chi connectivity index (χ0) is 20.3. The van der Waals surface area contributed by atoms with E-state index in [1.165, 1.54) is 27.8 Å². The van der Waals surface area contributed by atoms with Crippen molar-refractivity contribution >= 4 is 30.7 Å². The summed E-state index contributed by atoms with van der Waals surface area (Å²) in [5.41, 5.74) is 13.0. The molecule has 0 N–H and O–H groups in total. The number of hydrogen-bond acceptors (Lipinski definition) is 1. The van der Waals surface area contributed by atoms with Crippen molar-refractivity contribution in [3.63, 3.8) is 0 Å². The van der Waals surface area contributed by atoms with Gasteiger partial charge in [0.25, 0.3) is 0 Å². The fraction of sp³-hybridized carbons (Fsp3) is 0.231. The Morgan fingerprint density at radius 3 is 2.19 bits per heavy atom. The third-order valence-electron chi connectivity index (χ3n) is 6.83. The summed E-state index contributed by atoms with van der Waals surface area (Å²) in [6, 6.07) is 17.3. The maximum Gasteiger partial charge on any atom is -1.00 e. The van der Waals surface area contributed by atoms with E-state index in [0.29, 0.717) is 3.63 Å². The minimum absolute atomic E-state index is 0. The van der Waals surface area contributed by atoms with Crippen LogP contribution < -0.4 is 24.8 Å². The minimum atomic E-state index is -0.976. The quantitative estimate of drug-likeness (QED) is 0.399. The number of halogens is 2. The Morgan fingerprint density at radius 1 is 0.839 bits per heavy atom. The first-order chi connectivity index (χ1) is 13.9. The first kappa shape index (κ1) is 24.9. The molecular formula is C26H25Cl2SSiZr. The molecule has 0 amide bonds. The first-order valence-corrected chi connectivity index (χ1v) is 15.7. The van der Waals surface area contributed by atoms with Gasteiger partial charge in [0, 0.05) is 5.54 Å². The van der Waals surface area contributed by atoms with E-state index in [4.69, 9.17) is 0 Å². The molecule has 0 saturated heterocycles. The molecule has 2 aromatic carbocycles. The second kappa shape index (κ2) is 9.27. The summed E-state index contributed by atoms with van der Waals surface area (Å²) in [6.45, 7) is 9.58. The van der Waals surface area contributed by atoms with Crippen LogP contribution in [-0.4, -0.2) is 8.07 Å². The molecule has 5 heteroatoms. The topological polar surface area (TPSA) is 0 Å². The summed E-state index contributed by atoms with van der Waals surface area (Å²) in [4.78, 5) is 0. The van der Waals surface area contributed by atoms with Crippen molar-refractivity contribution in [1.82, 2.24) is 0 Å². The Hall–Kier alpha value is -0.700. The normalized spacial score (nSPS) is 20.9. The van der Waals surface area contributed by atoms with Crippen molar-refractivity contribution in [2.24, 2.45) is 0 Å². The van der Waals surface area contributed by atoms with Crippen molar-refractivity contribution < 1.29 is 49.5 Å². The van der Waals surface area contributed by atoms with E-state index >= 15 is 0 Å². The van der Waals surface area contributed by atoms with Gasteiger partial charge in [0.2, 0.25) is 0 Å². The maximum absolute atomic E-state index is 2.50. The molecule has 2 bridgehead atoms. The standard InChI is InChI=1S/C16H13.C10H12SSi.2ClH.Zr/c1-12-10-14-8-5-9-15(16(14)11-12)13-6-3-2-4-7-13;1-6-9-7-4-11-5-8(7)10(6)12(9,2)3;;;/h2-11H,1H3;4-5,9H,1-3H3;2*1H;/q;;;;+2/p-2. The molecule has 1 aromatic heterocycles. The van der Waals surface area contributed by atoms with Gasteiger partial charge in [-0.15, -0.1) is 0 Å². The Morgan fingerprint density at radius 2 is 1.55 bits per heavy atom. The van der Waals surface area contributed by atoms with Crippen LogP contribution in [0.25, 0.3) is 22.4 Å². The van der Waals surface area contributed by atoms with Gasteiger partial charge in [0.1, 0.15) is 0 Å². The van der Waals surface area contributed by atoms with Crippen LogP contribution >= 0.6 is 11.3 Å². The molecule has 2 unspecified atom stereocenters. The average Bonchev–Trinajstić information content (AvgIpc) is 3.40. The van der Waals surface area contributed by atoms with Gasteiger partial charge < -0.3 is 24.8 Å². The molecule has 0 fully saturated rings. The van der Waals surface area contributed by atoms with Crippen molar-refractivity contribution in [2.45, 2.75) is 36.1 Å². The monoisotopic (exact) mass is 557 g/mol. The van der Waals surface area contributed by atoms with Crippen molar-refractivity contribution in [1.29, 1.82) is 0 Å². The van der Waals surface area contributed by atoms with Crippen molar-refractivity contribution in [3.8, 4) is 11.1 Å². The van der Waals surface area contributed by atoms with Crippen LogP contribution in [0.15, 0.2) is 70.4 Å². The molecule has 4 aliphatic rings. The van der Waals surface area contributed by atoms with E-state index in [1.54, 1.807) is 46.6 Å². The van der Waals surface area contributed by atoms with Crippen LogP contribution in [0.2, 0.25) is 13.1 Å². The van der Waals surface area contributed by atoms with Gasteiger partial charge in [0.15, 0.2) is 0 Å². The predicted octanol–water partition coefficient (Wildman–Crippen LogP) is 1.79. The van der Waals surface area contributed by atoms with Crippen LogP contribution in [0.5, 0.6) is 0 Å². The number of rotatable bonds is 1. The van der Waals surface area contributed by atoms with E-state index in [9.17, 15) is 0 Å². The molecule has 2 aliphatic carbocycles. The molecule has 157 valence electrons. The molecule has 3 aromatic rings. The third-order valence-corrected chi connectivity index (χ3v) is 13.6. The van der Waals surface area contributed by atoms with Gasteiger partial charge in [-0.25, -0.2) is 0 Å². The SMILES string of the molecule is CC1=C2c3cscc3C1[Si]2(C)C.CC1=Cc2c(-c3ccccc3)cccc2[CH]1[Zr+2].[Cl-].[Cl-]. The van der Waals surface area contributed by atoms with Crippen molar-refractivity contribution in [2.75, 3.05) is 0 Å². The molecule has 0 saturated carbocycles. The van der Waals surface area contributed by atoms with E-state index in [-0.39, 0.29) is 24.8 Å². The summed E-state index contributed by atoms with van der Waals surface area (Å²) in [6.07, 6.45) is 2.36. The van der Waals surface area contributed by atoms with Gasteiger partial charge in [-0.3, -0.25) is 0 Å². The van der Waals surface area contributed by atoms with E-state index in [2.05, 4.69) is 92.3 Å². The summed E-state index contributed by atoms with van der Waals surface area (Å²) < 4.78 is 0.654. The third kappa shape index (κ3) is 3.85. The predicted molar refractivity (Wildman–Crippen MR) is 125 cm³/mol. The molecule has 2 aliphatic heterocycles. The van der Waals surface area contributed by atoms with Crippen molar-refractivity contribution in [3.05, 3.63) is 92.7 Å². The molecule has 3 heterocycles. The molecule has 0 nitrogen and oxygen atoms in total. The molecule has 2 atom stereocenters. The zero-order valence-electron chi connectivity index (χ0n) is 18.2. The Balaban J connectivity index is 0.000000173. The summed E-state index contributed by atoms with van der Waals surface area (Å²) >= 11 is 3.45.